The van der Waals surface area contributed by atoms with Crippen molar-refractivity contribution in [3.05, 3.63) is 30.9 Å². The molecule has 1 aliphatic rings. The Morgan fingerprint density at radius 3 is 2.57 bits per heavy atom. The van der Waals surface area contributed by atoms with Crippen molar-refractivity contribution < 1.29 is 19.3 Å². The molecule has 0 bridgehead atoms. The number of aryl methyl sites for hydroxylation is 1. The topological polar surface area (TPSA) is 125 Å². The molecule has 184 valence electrons. The minimum atomic E-state index is 0.0104. The molecule has 1 fully saturated rings. The second-order valence-electron chi connectivity index (χ2n) is 8.22. The van der Waals surface area contributed by atoms with Crippen LogP contribution in [-0.2, 0) is 7.05 Å². The predicted molar refractivity (Wildman–Crippen MR) is 130 cm³/mol. The predicted octanol–water partition coefficient (Wildman–Crippen LogP) is 2.28. The lowest BCUT2D eigenvalue weighted by molar-refractivity contribution is 0.265. The van der Waals surface area contributed by atoms with Gasteiger partial charge in [0.15, 0.2) is 17.3 Å². The first-order valence-corrected chi connectivity index (χ1v) is 11.2. The van der Waals surface area contributed by atoms with Gasteiger partial charge in [-0.25, -0.2) is 9.97 Å². The highest BCUT2D eigenvalue weighted by molar-refractivity contribution is 5.88. The number of hydrogen-bond donors (Lipinski definition) is 2. The van der Waals surface area contributed by atoms with Gasteiger partial charge in [-0.3, -0.25) is 4.68 Å². The molecule has 1 aromatic carbocycles. The largest absolute Gasteiger partial charge is 0.493 e. The summed E-state index contributed by atoms with van der Waals surface area (Å²) in [6, 6.07) is 3.70. The zero-order chi connectivity index (χ0) is 24.5. The minimum absolute atomic E-state index is 0.0104. The van der Waals surface area contributed by atoms with E-state index in [1.807, 2.05) is 34.8 Å². The molecule has 4 heterocycles. The Hall–Kier alpha value is -4.06. The number of nitrogens with one attached hydrogen (secondary N) is 1. The molecule has 1 aliphatic heterocycles. The Labute approximate surface area is 202 Å². The average molecular weight is 481 g/mol. The molecule has 0 amide bonds. The van der Waals surface area contributed by atoms with Crippen LogP contribution in [0.1, 0.15) is 12.8 Å². The van der Waals surface area contributed by atoms with Crippen LogP contribution in [0.4, 0.5) is 17.6 Å². The van der Waals surface area contributed by atoms with E-state index in [-0.39, 0.29) is 12.6 Å². The highest BCUT2D eigenvalue weighted by atomic mass is 16.5. The summed E-state index contributed by atoms with van der Waals surface area (Å²) in [4.78, 5) is 16.1. The van der Waals surface area contributed by atoms with Gasteiger partial charge in [-0.05, 0) is 12.8 Å². The number of aliphatic hydroxyl groups excluding tert-OH is 1. The first kappa shape index (κ1) is 22.7. The van der Waals surface area contributed by atoms with E-state index in [1.54, 1.807) is 38.5 Å². The van der Waals surface area contributed by atoms with Gasteiger partial charge in [0.05, 0.1) is 52.1 Å². The summed E-state index contributed by atoms with van der Waals surface area (Å²) in [6.45, 7) is 0.864. The summed E-state index contributed by atoms with van der Waals surface area (Å²) in [5.74, 6) is 3.35. The third kappa shape index (κ3) is 4.05. The minimum Gasteiger partial charge on any atom is -0.493 e. The highest BCUT2D eigenvalue weighted by Gasteiger charge is 2.27. The number of benzene rings is 1. The number of aromatic nitrogens is 6. The first-order chi connectivity index (χ1) is 17.1. The number of aliphatic hydroxyl groups is 1. The zero-order valence-corrected chi connectivity index (χ0v) is 20.1. The van der Waals surface area contributed by atoms with Crippen molar-refractivity contribution in [1.82, 2.24) is 29.3 Å². The SMILES string of the molecule is COc1cc(-n2cnc(Nc3nc(N4CCC[C@H]4CO)nc4cnn(C)c34)c2)cc(OC)c1OC. The molecular weight excluding hydrogens is 452 g/mol. The van der Waals surface area contributed by atoms with Gasteiger partial charge in [0, 0.05) is 25.7 Å². The molecule has 35 heavy (non-hydrogen) atoms. The summed E-state index contributed by atoms with van der Waals surface area (Å²) in [6.07, 6.45) is 7.14. The van der Waals surface area contributed by atoms with Gasteiger partial charge in [-0.1, -0.05) is 0 Å². The Morgan fingerprint density at radius 1 is 1.11 bits per heavy atom. The normalized spacial score (nSPS) is 15.6. The molecular formula is C23H28N8O4. The summed E-state index contributed by atoms with van der Waals surface area (Å²) < 4.78 is 19.9. The molecule has 0 spiro atoms. The number of anilines is 3. The molecule has 1 atom stereocenters. The molecule has 12 nitrogen and oxygen atoms in total. The van der Waals surface area contributed by atoms with Gasteiger partial charge in [-0.15, -0.1) is 0 Å². The van der Waals surface area contributed by atoms with Crippen molar-refractivity contribution in [3.63, 3.8) is 0 Å². The second kappa shape index (κ2) is 9.29. The number of rotatable bonds is 8. The van der Waals surface area contributed by atoms with Gasteiger partial charge in [-0.2, -0.15) is 10.1 Å². The van der Waals surface area contributed by atoms with Crippen LogP contribution in [0.25, 0.3) is 16.7 Å². The molecule has 4 aromatic rings. The number of imidazole rings is 1. The molecule has 0 radical (unpaired) electrons. The van der Waals surface area contributed by atoms with Crippen LogP contribution in [-0.4, -0.2) is 74.9 Å². The van der Waals surface area contributed by atoms with Crippen LogP contribution in [0, 0.1) is 0 Å². The van der Waals surface area contributed by atoms with Crippen LogP contribution in [0.15, 0.2) is 30.9 Å². The Balaban J connectivity index is 1.50. The van der Waals surface area contributed by atoms with Crippen molar-refractivity contribution in [1.29, 1.82) is 0 Å². The molecule has 0 saturated carbocycles. The van der Waals surface area contributed by atoms with Crippen molar-refractivity contribution in [2.75, 3.05) is 44.7 Å². The van der Waals surface area contributed by atoms with Crippen molar-refractivity contribution in [2.24, 2.45) is 7.05 Å². The van der Waals surface area contributed by atoms with Crippen LogP contribution >= 0.6 is 0 Å². The molecule has 0 aliphatic carbocycles. The number of ether oxygens (including phenoxy) is 3. The maximum Gasteiger partial charge on any atom is 0.228 e. The molecule has 12 heteroatoms. The summed E-state index contributed by atoms with van der Waals surface area (Å²) in [7, 11) is 6.57. The Morgan fingerprint density at radius 2 is 1.89 bits per heavy atom. The van der Waals surface area contributed by atoms with Crippen LogP contribution in [0.5, 0.6) is 17.2 Å². The number of nitrogens with zero attached hydrogens (tertiary/aromatic N) is 7. The molecule has 3 aromatic heterocycles. The maximum atomic E-state index is 9.77. The Kier molecular flexibility index (Phi) is 6.03. The monoisotopic (exact) mass is 480 g/mol. The van der Waals surface area contributed by atoms with Gasteiger partial charge < -0.3 is 34.1 Å². The number of fused-ring (bicyclic) bond motifs is 1. The second-order valence-corrected chi connectivity index (χ2v) is 8.22. The van der Waals surface area contributed by atoms with Crippen molar-refractivity contribution in [2.45, 2.75) is 18.9 Å². The van der Waals surface area contributed by atoms with Crippen LogP contribution in [0.3, 0.4) is 0 Å². The standard InChI is InChI=1S/C23H28N8O4/c1-29-20-16(10-25-29)26-23(31-7-5-6-14(31)12-32)28-22(20)27-19-11-30(13-24-19)15-8-17(33-2)21(35-4)18(9-15)34-3/h8-11,13-14,32H,5-7,12H2,1-4H3,(H,26,27,28)/t14-/m0/s1. The number of methoxy groups -OCH3 is 3. The number of hydrogen-bond acceptors (Lipinski definition) is 10. The summed E-state index contributed by atoms with van der Waals surface area (Å²) in [5.41, 5.74) is 2.26. The van der Waals surface area contributed by atoms with Crippen molar-refractivity contribution >= 4 is 28.6 Å². The lowest BCUT2D eigenvalue weighted by Gasteiger charge is -2.23. The van der Waals surface area contributed by atoms with E-state index in [1.165, 1.54) is 0 Å². The lowest BCUT2D eigenvalue weighted by Crippen LogP contribution is -2.33. The van der Waals surface area contributed by atoms with E-state index in [4.69, 9.17) is 24.2 Å². The smallest absolute Gasteiger partial charge is 0.228 e. The third-order valence-electron chi connectivity index (χ3n) is 6.20. The van der Waals surface area contributed by atoms with E-state index in [9.17, 15) is 5.11 Å². The summed E-state index contributed by atoms with van der Waals surface area (Å²) >= 11 is 0. The molecule has 2 N–H and O–H groups in total. The van der Waals surface area contributed by atoms with E-state index in [2.05, 4.69) is 15.4 Å². The molecule has 1 saturated heterocycles. The van der Waals surface area contributed by atoms with Gasteiger partial charge >= 0.3 is 0 Å². The van der Waals surface area contributed by atoms with Gasteiger partial charge in [0.1, 0.15) is 23.2 Å². The van der Waals surface area contributed by atoms with E-state index in [0.717, 1.165) is 30.6 Å². The van der Waals surface area contributed by atoms with Gasteiger partial charge in [0.25, 0.3) is 0 Å². The van der Waals surface area contributed by atoms with Crippen molar-refractivity contribution in [3.8, 4) is 22.9 Å². The van der Waals surface area contributed by atoms with E-state index in [0.29, 0.717) is 40.3 Å². The fourth-order valence-electron chi connectivity index (χ4n) is 4.44. The fraction of sp³-hybridized carbons (Fsp3) is 0.391. The van der Waals surface area contributed by atoms with Gasteiger partial charge in [0.2, 0.25) is 11.7 Å². The molecule has 0 unspecified atom stereocenters. The van der Waals surface area contributed by atoms with E-state index >= 15 is 0 Å². The summed E-state index contributed by atoms with van der Waals surface area (Å²) in [5, 5.41) is 17.4. The lowest BCUT2D eigenvalue weighted by atomic mass is 10.2. The van der Waals surface area contributed by atoms with E-state index < -0.39 is 0 Å². The highest BCUT2D eigenvalue weighted by Crippen LogP contribution is 2.39. The zero-order valence-electron chi connectivity index (χ0n) is 20.1. The molecule has 5 rings (SSSR count). The maximum absolute atomic E-state index is 9.77. The fourth-order valence-corrected chi connectivity index (χ4v) is 4.44. The third-order valence-corrected chi connectivity index (χ3v) is 6.20. The van der Waals surface area contributed by atoms with Crippen LogP contribution < -0.4 is 24.4 Å². The quantitative estimate of drug-likeness (QED) is 0.388. The average Bonchev–Trinajstić information content (AvgIpc) is 3.63. The Bertz CT molecular complexity index is 1330. The first-order valence-electron chi connectivity index (χ1n) is 11.2. The van der Waals surface area contributed by atoms with Crippen LogP contribution in [0.2, 0.25) is 0 Å².